The van der Waals surface area contributed by atoms with Gasteiger partial charge < -0.3 is 4.52 Å². The molecule has 0 N–H and O–H groups in total. The summed E-state index contributed by atoms with van der Waals surface area (Å²) in [5, 5.41) is 5.39. The first-order chi connectivity index (χ1) is 11.4. The lowest BCUT2D eigenvalue weighted by Gasteiger charge is -2.17. The third-order valence-corrected chi connectivity index (χ3v) is 4.81. The Hall–Kier alpha value is -1.86. The van der Waals surface area contributed by atoms with Crippen LogP contribution in [0.3, 0.4) is 0 Å². The van der Waals surface area contributed by atoms with E-state index in [2.05, 4.69) is 15.1 Å². The van der Waals surface area contributed by atoms with E-state index in [1.165, 1.54) is 11.8 Å². The normalized spacial score (nSPS) is 12.9. The van der Waals surface area contributed by atoms with Crippen molar-refractivity contribution in [2.45, 2.75) is 44.1 Å². The number of aromatic nitrogens is 4. The Labute approximate surface area is 148 Å². The number of thioether (sulfide) groups is 1. The summed E-state index contributed by atoms with van der Waals surface area (Å²) in [6.07, 6.45) is 0. The summed E-state index contributed by atoms with van der Waals surface area (Å²) in [6, 6.07) is 5.10. The third kappa shape index (κ3) is 3.18. The van der Waals surface area contributed by atoms with E-state index in [1.807, 2.05) is 20.8 Å². The standard InChI is InChI=1S/C16H17ClN4O2S/c1-8(2)21-15(22)12-6-5-11(17)7-13(12)19-16(21)24-9(3)14-18-10(4)20-23-14/h5-9H,1-4H3/t9-/m1/s1. The van der Waals surface area contributed by atoms with Gasteiger partial charge in [-0.3, -0.25) is 9.36 Å². The Kier molecular flexibility index (Phi) is 4.64. The zero-order valence-corrected chi connectivity index (χ0v) is 15.4. The zero-order valence-electron chi connectivity index (χ0n) is 13.8. The van der Waals surface area contributed by atoms with Gasteiger partial charge in [-0.1, -0.05) is 28.5 Å². The van der Waals surface area contributed by atoms with E-state index >= 15 is 0 Å². The molecule has 8 heteroatoms. The average molecular weight is 365 g/mol. The number of nitrogens with zero attached hydrogens (tertiary/aromatic N) is 4. The monoisotopic (exact) mass is 364 g/mol. The number of halogens is 1. The highest BCUT2D eigenvalue weighted by molar-refractivity contribution is 7.99. The van der Waals surface area contributed by atoms with Crippen LogP contribution < -0.4 is 5.56 Å². The molecular weight excluding hydrogens is 348 g/mol. The lowest BCUT2D eigenvalue weighted by atomic mass is 10.2. The SMILES string of the molecule is Cc1noc([C@@H](C)Sc2nc3cc(Cl)ccc3c(=O)n2C(C)C)n1. The van der Waals surface area contributed by atoms with E-state index in [1.54, 1.807) is 29.7 Å². The lowest BCUT2D eigenvalue weighted by molar-refractivity contribution is 0.376. The summed E-state index contributed by atoms with van der Waals surface area (Å²) >= 11 is 7.45. The summed E-state index contributed by atoms with van der Waals surface area (Å²) in [5.74, 6) is 1.09. The third-order valence-electron chi connectivity index (χ3n) is 3.52. The van der Waals surface area contributed by atoms with Crippen molar-refractivity contribution in [2.75, 3.05) is 0 Å². The van der Waals surface area contributed by atoms with Gasteiger partial charge in [0, 0.05) is 11.1 Å². The second kappa shape index (κ2) is 6.57. The molecule has 1 atom stereocenters. The molecule has 0 aliphatic heterocycles. The number of hydrogen-bond donors (Lipinski definition) is 0. The van der Waals surface area contributed by atoms with Crippen molar-refractivity contribution < 1.29 is 4.52 Å². The molecule has 2 heterocycles. The van der Waals surface area contributed by atoms with Crippen LogP contribution in [0.1, 0.15) is 43.8 Å². The zero-order chi connectivity index (χ0) is 17.4. The molecule has 2 aromatic heterocycles. The van der Waals surface area contributed by atoms with Crippen LogP contribution in [-0.4, -0.2) is 19.7 Å². The fourth-order valence-electron chi connectivity index (χ4n) is 2.38. The van der Waals surface area contributed by atoms with Gasteiger partial charge in [0.25, 0.3) is 5.56 Å². The van der Waals surface area contributed by atoms with Crippen LogP contribution in [0.2, 0.25) is 5.02 Å². The Morgan fingerprint density at radius 3 is 2.62 bits per heavy atom. The Morgan fingerprint density at radius 2 is 2.00 bits per heavy atom. The first-order valence-corrected chi connectivity index (χ1v) is 8.81. The molecule has 0 amide bonds. The van der Waals surface area contributed by atoms with Crippen molar-refractivity contribution in [3.8, 4) is 0 Å². The maximum absolute atomic E-state index is 12.8. The van der Waals surface area contributed by atoms with Crippen LogP contribution in [0.25, 0.3) is 10.9 Å². The van der Waals surface area contributed by atoms with Crippen LogP contribution in [0, 0.1) is 6.92 Å². The largest absolute Gasteiger partial charge is 0.338 e. The quantitative estimate of drug-likeness (QED) is 0.510. The highest BCUT2D eigenvalue weighted by Crippen LogP contribution is 2.34. The maximum atomic E-state index is 12.8. The summed E-state index contributed by atoms with van der Waals surface area (Å²) in [5.41, 5.74) is 0.504. The fourth-order valence-corrected chi connectivity index (χ4v) is 3.61. The average Bonchev–Trinajstić information content (AvgIpc) is 2.93. The Bertz CT molecular complexity index is 951. The molecule has 0 radical (unpaired) electrons. The maximum Gasteiger partial charge on any atom is 0.262 e. The molecular formula is C16H17ClN4O2S. The molecule has 0 unspecified atom stereocenters. The van der Waals surface area contributed by atoms with Gasteiger partial charge in [-0.05, 0) is 45.9 Å². The molecule has 3 aromatic rings. The highest BCUT2D eigenvalue weighted by atomic mass is 35.5. The van der Waals surface area contributed by atoms with Crippen LogP contribution in [0.5, 0.6) is 0 Å². The molecule has 0 bridgehead atoms. The predicted octanol–water partition coefficient (Wildman–Crippen LogP) is 4.18. The van der Waals surface area contributed by atoms with Gasteiger partial charge >= 0.3 is 0 Å². The minimum atomic E-state index is -0.125. The molecule has 0 aliphatic carbocycles. The molecule has 3 rings (SSSR count). The van der Waals surface area contributed by atoms with Gasteiger partial charge in [-0.2, -0.15) is 4.98 Å². The van der Waals surface area contributed by atoms with Crippen LogP contribution in [0.4, 0.5) is 0 Å². The van der Waals surface area contributed by atoms with E-state index in [9.17, 15) is 4.79 Å². The summed E-state index contributed by atoms with van der Waals surface area (Å²) in [4.78, 5) is 21.7. The topological polar surface area (TPSA) is 73.8 Å². The minimum absolute atomic E-state index is 0.0239. The first kappa shape index (κ1) is 17.0. The summed E-state index contributed by atoms with van der Waals surface area (Å²) < 4.78 is 6.90. The first-order valence-electron chi connectivity index (χ1n) is 7.55. The van der Waals surface area contributed by atoms with Crippen molar-refractivity contribution in [1.82, 2.24) is 19.7 Å². The molecule has 1 aromatic carbocycles. The number of fused-ring (bicyclic) bond motifs is 1. The second-order valence-corrected chi connectivity index (χ2v) is 7.51. The van der Waals surface area contributed by atoms with Gasteiger partial charge in [0.1, 0.15) is 0 Å². The van der Waals surface area contributed by atoms with E-state index in [4.69, 9.17) is 16.1 Å². The number of benzene rings is 1. The molecule has 126 valence electrons. The van der Waals surface area contributed by atoms with E-state index in [-0.39, 0.29) is 16.9 Å². The van der Waals surface area contributed by atoms with Crippen molar-refractivity contribution in [3.63, 3.8) is 0 Å². The summed E-state index contributed by atoms with van der Waals surface area (Å²) in [7, 11) is 0. The molecule has 24 heavy (non-hydrogen) atoms. The number of hydrogen-bond acceptors (Lipinski definition) is 6. The minimum Gasteiger partial charge on any atom is -0.338 e. The van der Waals surface area contributed by atoms with E-state index in [0.29, 0.717) is 32.8 Å². The Morgan fingerprint density at radius 1 is 1.25 bits per heavy atom. The molecule has 0 saturated heterocycles. The van der Waals surface area contributed by atoms with Gasteiger partial charge in [0.2, 0.25) is 5.89 Å². The highest BCUT2D eigenvalue weighted by Gasteiger charge is 2.20. The van der Waals surface area contributed by atoms with E-state index < -0.39 is 0 Å². The van der Waals surface area contributed by atoms with Gasteiger partial charge in [-0.15, -0.1) is 0 Å². The van der Waals surface area contributed by atoms with Crippen molar-refractivity contribution in [2.24, 2.45) is 0 Å². The fraction of sp³-hybridized carbons (Fsp3) is 0.375. The molecule has 0 aliphatic rings. The van der Waals surface area contributed by atoms with Crippen LogP contribution >= 0.6 is 23.4 Å². The smallest absolute Gasteiger partial charge is 0.262 e. The lowest BCUT2D eigenvalue weighted by Crippen LogP contribution is -2.25. The predicted molar refractivity (Wildman–Crippen MR) is 94.7 cm³/mol. The number of rotatable bonds is 4. The summed E-state index contributed by atoms with van der Waals surface area (Å²) in [6.45, 7) is 7.62. The van der Waals surface area contributed by atoms with Crippen molar-refractivity contribution in [1.29, 1.82) is 0 Å². The molecule has 0 fully saturated rings. The van der Waals surface area contributed by atoms with Gasteiger partial charge in [0.05, 0.1) is 16.2 Å². The second-order valence-electron chi connectivity index (χ2n) is 5.76. The van der Waals surface area contributed by atoms with Crippen LogP contribution in [-0.2, 0) is 0 Å². The van der Waals surface area contributed by atoms with Crippen molar-refractivity contribution in [3.05, 3.63) is 45.3 Å². The van der Waals surface area contributed by atoms with Crippen molar-refractivity contribution >= 4 is 34.3 Å². The molecule has 6 nitrogen and oxygen atoms in total. The van der Waals surface area contributed by atoms with E-state index in [0.717, 1.165) is 0 Å². The Balaban J connectivity index is 2.11. The number of aryl methyl sites for hydroxylation is 1. The molecule has 0 saturated carbocycles. The molecule has 0 spiro atoms. The van der Waals surface area contributed by atoms with Gasteiger partial charge in [-0.25, -0.2) is 4.98 Å². The van der Waals surface area contributed by atoms with Crippen LogP contribution in [0.15, 0.2) is 32.7 Å². The van der Waals surface area contributed by atoms with Gasteiger partial charge in [0.15, 0.2) is 11.0 Å².